The smallest absolute Gasteiger partial charge is 0.230 e. The van der Waals surface area contributed by atoms with Crippen LogP contribution in [-0.2, 0) is 16.0 Å². The Morgan fingerprint density at radius 1 is 1.16 bits per heavy atom. The third-order valence-corrected chi connectivity index (χ3v) is 6.82. The number of nitrogens with zero attached hydrogens (tertiary/aromatic N) is 3. The van der Waals surface area contributed by atoms with Crippen LogP contribution in [0.4, 0.5) is 0 Å². The lowest BCUT2D eigenvalue weighted by molar-refractivity contribution is -0.134. The molecule has 0 aliphatic carbocycles. The fraction of sp³-hybridized carbons (Fsp3) is 0.360. The minimum atomic E-state index is -0.0963. The normalized spacial score (nSPS) is 15.3. The Kier molecular flexibility index (Phi) is 7.27. The number of pyridine rings is 1. The van der Waals surface area contributed by atoms with Crippen molar-refractivity contribution in [3.63, 3.8) is 0 Å². The van der Waals surface area contributed by atoms with Gasteiger partial charge in [-0.1, -0.05) is 37.3 Å². The maximum absolute atomic E-state index is 13.0. The summed E-state index contributed by atoms with van der Waals surface area (Å²) in [6.45, 7) is 3.41. The first-order valence-electron chi connectivity index (χ1n) is 11.1. The molecule has 0 radical (unpaired) electrons. The standard InChI is InChI=1S/C25H28N4O2S/c1-2-22(18-7-4-3-5-8-18)25(31)29-13-10-20(11-14-29)27-23(30)15-21-17-32-24(28-21)19-9-6-12-26-16-19/h3-9,12,16-17,20,22H,2,10-11,13-15H2,1H3,(H,27,30). The van der Waals surface area contributed by atoms with E-state index in [9.17, 15) is 9.59 Å². The van der Waals surface area contributed by atoms with Gasteiger partial charge in [0.25, 0.3) is 0 Å². The summed E-state index contributed by atoms with van der Waals surface area (Å²) < 4.78 is 0. The minimum absolute atomic E-state index is 0.0199. The maximum atomic E-state index is 13.0. The second kappa shape index (κ2) is 10.5. The van der Waals surface area contributed by atoms with Crippen LogP contribution in [0.25, 0.3) is 10.6 Å². The number of amides is 2. The highest BCUT2D eigenvalue weighted by Crippen LogP contribution is 2.25. The van der Waals surface area contributed by atoms with Gasteiger partial charge in [0, 0.05) is 42.5 Å². The Labute approximate surface area is 192 Å². The second-order valence-electron chi connectivity index (χ2n) is 8.10. The van der Waals surface area contributed by atoms with E-state index in [-0.39, 0.29) is 30.2 Å². The minimum Gasteiger partial charge on any atom is -0.353 e. The summed E-state index contributed by atoms with van der Waals surface area (Å²) in [6.07, 6.45) is 6.12. The first kappa shape index (κ1) is 22.1. The van der Waals surface area contributed by atoms with E-state index in [2.05, 4.69) is 22.2 Å². The largest absolute Gasteiger partial charge is 0.353 e. The molecule has 1 N–H and O–H groups in total. The number of hydrogen-bond donors (Lipinski definition) is 1. The van der Waals surface area contributed by atoms with E-state index in [0.29, 0.717) is 13.1 Å². The summed E-state index contributed by atoms with van der Waals surface area (Å²) in [5, 5.41) is 5.93. The molecule has 7 heteroatoms. The molecular formula is C25H28N4O2S. The number of carbonyl (C=O) groups is 2. The summed E-state index contributed by atoms with van der Waals surface area (Å²) in [4.78, 5) is 36.2. The molecule has 1 atom stereocenters. The molecule has 0 spiro atoms. The molecule has 3 aromatic rings. The molecule has 1 saturated heterocycles. The van der Waals surface area contributed by atoms with Crippen molar-refractivity contribution < 1.29 is 9.59 Å². The van der Waals surface area contributed by atoms with Gasteiger partial charge in [0.1, 0.15) is 5.01 Å². The lowest BCUT2D eigenvalue weighted by Crippen LogP contribution is -2.48. The molecule has 1 aliphatic rings. The lowest BCUT2D eigenvalue weighted by Gasteiger charge is -2.34. The van der Waals surface area contributed by atoms with Crippen LogP contribution in [0, 0.1) is 0 Å². The predicted molar refractivity (Wildman–Crippen MR) is 126 cm³/mol. The summed E-state index contributed by atoms with van der Waals surface area (Å²) in [7, 11) is 0. The van der Waals surface area contributed by atoms with Gasteiger partial charge >= 0.3 is 0 Å². The molecule has 1 aromatic carbocycles. The van der Waals surface area contributed by atoms with Crippen LogP contribution in [0.15, 0.2) is 60.2 Å². The van der Waals surface area contributed by atoms with E-state index >= 15 is 0 Å². The summed E-state index contributed by atoms with van der Waals surface area (Å²) >= 11 is 1.52. The Morgan fingerprint density at radius 2 is 1.94 bits per heavy atom. The van der Waals surface area contributed by atoms with Crippen LogP contribution in [0.2, 0.25) is 0 Å². The van der Waals surface area contributed by atoms with Gasteiger partial charge in [-0.15, -0.1) is 11.3 Å². The molecule has 2 aromatic heterocycles. The Balaban J connectivity index is 1.26. The Hall–Kier alpha value is -3.06. The molecule has 4 rings (SSSR count). The van der Waals surface area contributed by atoms with E-state index in [1.54, 1.807) is 12.4 Å². The number of thiazole rings is 1. The molecule has 1 aliphatic heterocycles. The Bertz CT molecular complexity index is 1030. The number of aromatic nitrogens is 2. The molecule has 0 saturated carbocycles. The summed E-state index contributed by atoms with van der Waals surface area (Å²) in [6, 6.07) is 13.9. The predicted octanol–water partition coefficient (Wildman–Crippen LogP) is 4.05. The average Bonchev–Trinajstić information content (AvgIpc) is 3.29. The average molecular weight is 449 g/mol. The highest BCUT2D eigenvalue weighted by molar-refractivity contribution is 7.13. The van der Waals surface area contributed by atoms with Gasteiger partial charge in [0.2, 0.25) is 11.8 Å². The second-order valence-corrected chi connectivity index (χ2v) is 8.96. The van der Waals surface area contributed by atoms with Gasteiger partial charge in [-0.2, -0.15) is 0 Å². The molecule has 166 valence electrons. The quantitative estimate of drug-likeness (QED) is 0.592. The molecule has 6 nitrogen and oxygen atoms in total. The molecular weight excluding hydrogens is 420 g/mol. The number of likely N-dealkylation sites (tertiary alicyclic amines) is 1. The van der Waals surface area contributed by atoms with E-state index in [0.717, 1.165) is 41.1 Å². The maximum Gasteiger partial charge on any atom is 0.230 e. The first-order chi connectivity index (χ1) is 15.6. The fourth-order valence-corrected chi connectivity index (χ4v) is 4.97. The lowest BCUT2D eigenvalue weighted by atomic mass is 9.93. The molecule has 1 unspecified atom stereocenters. The summed E-state index contributed by atoms with van der Waals surface area (Å²) in [5.74, 6) is 0.0726. The zero-order chi connectivity index (χ0) is 22.3. The molecule has 0 bridgehead atoms. The summed E-state index contributed by atoms with van der Waals surface area (Å²) in [5.41, 5.74) is 2.80. The van der Waals surface area contributed by atoms with Crippen molar-refractivity contribution in [2.24, 2.45) is 0 Å². The van der Waals surface area contributed by atoms with Crippen molar-refractivity contribution in [2.45, 2.75) is 44.6 Å². The SMILES string of the molecule is CCC(C(=O)N1CCC(NC(=O)Cc2csc(-c3cccnc3)n2)CC1)c1ccccc1. The van der Waals surface area contributed by atoms with E-state index in [1.807, 2.05) is 52.7 Å². The number of hydrogen-bond acceptors (Lipinski definition) is 5. The van der Waals surface area contributed by atoms with Crippen molar-refractivity contribution in [3.05, 3.63) is 71.5 Å². The third-order valence-electron chi connectivity index (χ3n) is 5.88. The zero-order valence-corrected chi connectivity index (χ0v) is 19.1. The molecule has 2 amide bonds. The first-order valence-corrected chi connectivity index (χ1v) is 12.0. The van der Waals surface area contributed by atoms with E-state index in [4.69, 9.17) is 0 Å². The van der Waals surface area contributed by atoms with Crippen molar-refractivity contribution in [1.82, 2.24) is 20.2 Å². The number of benzene rings is 1. The van der Waals surface area contributed by atoms with Gasteiger partial charge < -0.3 is 10.2 Å². The number of nitrogens with one attached hydrogen (secondary N) is 1. The molecule has 1 fully saturated rings. The third kappa shape index (κ3) is 5.40. The molecule has 32 heavy (non-hydrogen) atoms. The van der Waals surface area contributed by atoms with E-state index in [1.165, 1.54) is 11.3 Å². The van der Waals surface area contributed by atoms with Crippen molar-refractivity contribution in [3.8, 4) is 10.6 Å². The van der Waals surface area contributed by atoms with Crippen molar-refractivity contribution in [1.29, 1.82) is 0 Å². The van der Waals surface area contributed by atoms with Gasteiger partial charge in [0.15, 0.2) is 0 Å². The number of carbonyl (C=O) groups excluding carboxylic acids is 2. The van der Waals surface area contributed by atoms with Crippen LogP contribution < -0.4 is 5.32 Å². The van der Waals surface area contributed by atoms with Crippen LogP contribution in [0.3, 0.4) is 0 Å². The van der Waals surface area contributed by atoms with Gasteiger partial charge in [-0.05, 0) is 37.0 Å². The van der Waals surface area contributed by atoms with Crippen molar-refractivity contribution >= 4 is 23.2 Å². The van der Waals surface area contributed by atoms with Gasteiger partial charge in [-0.25, -0.2) is 4.98 Å². The zero-order valence-electron chi connectivity index (χ0n) is 18.2. The van der Waals surface area contributed by atoms with Crippen LogP contribution in [-0.4, -0.2) is 45.8 Å². The van der Waals surface area contributed by atoms with Crippen molar-refractivity contribution in [2.75, 3.05) is 13.1 Å². The number of rotatable bonds is 7. The fourth-order valence-electron chi connectivity index (χ4n) is 4.16. The van der Waals surface area contributed by atoms with Crippen LogP contribution in [0.5, 0.6) is 0 Å². The van der Waals surface area contributed by atoms with E-state index < -0.39 is 0 Å². The highest BCUT2D eigenvalue weighted by Gasteiger charge is 2.28. The van der Waals surface area contributed by atoms with Crippen LogP contribution >= 0.6 is 11.3 Å². The van der Waals surface area contributed by atoms with Crippen LogP contribution in [0.1, 0.15) is 43.4 Å². The highest BCUT2D eigenvalue weighted by atomic mass is 32.1. The van der Waals surface area contributed by atoms with Gasteiger partial charge in [0.05, 0.1) is 18.0 Å². The van der Waals surface area contributed by atoms with Gasteiger partial charge in [-0.3, -0.25) is 14.6 Å². The monoisotopic (exact) mass is 448 g/mol. The topological polar surface area (TPSA) is 75.2 Å². The molecule has 3 heterocycles. The number of piperidine rings is 1. The Morgan fingerprint density at radius 3 is 2.62 bits per heavy atom.